The van der Waals surface area contributed by atoms with Gasteiger partial charge < -0.3 is 10.1 Å². The number of anilines is 1. The third kappa shape index (κ3) is 2.69. The maximum Gasteiger partial charge on any atom is 0.142 e. The van der Waals surface area contributed by atoms with E-state index in [1.807, 2.05) is 6.07 Å². The number of hydrogen-bond donors (Lipinski definition) is 1. The van der Waals surface area contributed by atoms with Crippen molar-refractivity contribution in [3.05, 3.63) is 24.3 Å². The molecule has 16 heavy (non-hydrogen) atoms. The van der Waals surface area contributed by atoms with E-state index in [9.17, 15) is 0 Å². The van der Waals surface area contributed by atoms with Crippen LogP contribution in [-0.4, -0.2) is 13.2 Å². The molecule has 0 spiro atoms. The number of benzene rings is 1. The maximum atomic E-state index is 5.85. The second kappa shape index (κ2) is 4.36. The number of para-hydroxylation sites is 2. The van der Waals surface area contributed by atoms with Gasteiger partial charge in [-0.3, -0.25) is 0 Å². The highest BCUT2D eigenvalue weighted by Crippen LogP contribution is 2.33. The number of nitrogens with one attached hydrogen (secondary N) is 1. The van der Waals surface area contributed by atoms with E-state index in [1.165, 1.54) is 25.7 Å². The number of ether oxygens (including phenoxy) is 1. The fourth-order valence-corrected chi connectivity index (χ4v) is 1.81. The fraction of sp³-hybridized carbons (Fsp3) is 0.571. The molecule has 2 nitrogen and oxygen atoms in total. The van der Waals surface area contributed by atoms with E-state index >= 15 is 0 Å². The Morgan fingerprint density at radius 1 is 1.06 bits per heavy atom. The average molecular weight is 217 g/mol. The van der Waals surface area contributed by atoms with Crippen molar-refractivity contribution in [2.24, 2.45) is 11.8 Å². The van der Waals surface area contributed by atoms with E-state index in [4.69, 9.17) is 4.74 Å². The summed E-state index contributed by atoms with van der Waals surface area (Å²) in [5.41, 5.74) is 1.16. The molecule has 0 radical (unpaired) electrons. The van der Waals surface area contributed by atoms with Crippen molar-refractivity contribution in [2.75, 3.05) is 18.5 Å². The molecule has 2 aliphatic rings. The Balaban J connectivity index is 1.58. The molecule has 0 amide bonds. The first-order chi connectivity index (χ1) is 7.92. The smallest absolute Gasteiger partial charge is 0.142 e. The molecule has 0 unspecified atom stereocenters. The monoisotopic (exact) mass is 217 g/mol. The van der Waals surface area contributed by atoms with Crippen molar-refractivity contribution in [1.82, 2.24) is 0 Å². The summed E-state index contributed by atoms with van der Waals surface area (Å²) in [4.78, 5) is 0. The van der Waals surface area contributed by atoms with Gasteiger partial charge in [0.2, 0.25) is 0 Å². The van der Waals surface area contributed by atoms with Crippen molar-refractivity contribution < 1.29 is 4.74 Å². The Kier molecular flexibility index (Phi) is 2.73. The highest BCUT2D eigenvalue weighted by molar-refractivity contribution is 5.56. The van der Waals surface area contributed by atoms with Crippen molar-refractivity contribution in [1.29, 1.82) is 0 Å². The quantitative estimate of drug-likeness (QED) is 0.789. The van der Waals surface area contributed by atoms with Gasteiger partial charge in [0.05, 0.1) is 12.3 Å². The molecule has 1 aromatic rings. The van der Waals surface area contributed by atoms with E-state index in [0.717, 1.165) is 36.4 Å². The topological polar surface area (TPSA) is 21.3 Å². The van der Waals surface area contributed by atoms with E-state index in [0.29, 0.717) is 0 Å². The molecule has 86 valence electrons. The Morgan fingerprint density at radius 3 is 2.56 bits per heavy atom. The van der Waals surface area contributed by atoms with Gasteiger partial charge in [-0.2, -0.15) is 0 Å². The SMILES string of the molecule is c1ccc(OCC2CC2)c(NCC2CC2)c1. The van der Waals surface area contributed by atoms with E-state index in [-0.39, 0.29) is 0 Å². The molecule has 2 aliphatic carbocycles. The van der Waals surface area contributed by atoms with E-state index in [2.05, 4.69) is 23.5 Å². The van der Waals surface area contributed by atoms with Gasteiger partial charge in [0, 0.05) is 6.54 Å². The zero-order valence-corrected chi connectivity index (χ0v) is 9.61. The first-order valence-corrected chi connectivity index (χ1v) is 6.37. The zero-order chi connectivity index (χ0) is 10.8. The van der Waals surface area contributed by atoms with Gasteiger partial charge in [-0.05, 0) is 49.7 Å². The van der Waals surface area contributed by atoms with Crippen LogP contribution >= 0.6 is 0 Å². The van der Waals surface area contributed by atoms with E-state index < -0.39 is 0 Å². The average Bonchev–Trinajstić information content (AvgIpc) is 3.17. The lowest BCUT2D eigenvalue weighted by Gasteiger charge is -2.12. The van der Waals surface area contributed by atoms with Crippen molar-refractivity contribution in [3.8, 4) is 5.75 Å². The molecule has 2 fully saturated rings. The van der Waals surface area contributed by atoms with Crippen molar-refractivity contribution in [2.45, 2.75) is 25.7 Å². The summed E-state index contributed by atoms with van der Waals surface area (Å²) in [6.07, 6.45) is 5.46. The molecule has 2 saturated carbocycles. The maximum absolute atomic E-state index is 5.85. The first kappa shape index (κ1) is 10.0. The number of hydrogen-bond acceptors (Lipinski definition) is 2. The third-order valence-corrected chi connectivity index (χ3v) is 3.34. The Labute approximate surface area is 97.0 Å². The summed E-state index contributed by atoms with van der Waals surface area (Å²) < 4.78 is 5.85. The van der Waals surface area contributed by atoms with E-state index in [1.54, 1.807) is 0 Å². The van der Waals surface area contributed by atoms with Gasteiger partial charge in [-0.25, -0.2) is 0 Å². The minimum Gasteiger partial charge on any atom is -0.491 e. The van der Waals surface area contributed by atoms with Crippen LogP contribution in [0.2, 0.25) is 0 Å². The molecule has 0 aromatic heterocycles. The number of rotatable bonds is 6. The second-order valence-corrected chi connectivity index (χ2v) is 5.07. The zero-order valence-electron chi connectivity index (χ0n) is 9.61. The predicted octanol–water partition coefficient (Wildman–Crippen LogP) is 3.30. The van der Waals surface area contributed by atoms with Crippen LogP contribution in [0.4, 0.5) is 5.69 Å². The van der Waals surface area contributed by atoms with Crippen LogP contribution in [0.3, 0.4) is 0 Å². The Bertz CT molecular complexity index is 321. The van der Waals surface area contributed by atoms with Gasteiger partial charge >= 0.3 is 0 Å². The molecule has 1 aromatic carbocycles. The van der Waals surface area contributed by atoms with Crippen molar-refractivity contribution in [3.63, 3.8) is 0 Å². The summed E-state index contributed by atoms with van der Waals surface area (Å²) in [6.45, 7) is 1.99. The lowest BCUT2D eigenvalue weighted by atomic mass is 10.3. The van der Waals surface area contributed by atoms with Crippen LogP contribution in [0.25, 0.3) is 0 Å². The highest BCUT2D eigenvalue weighted by atomic mass is 16.5. The van der Waals surface area contributed by atoms with Crippen LogP contribution in [0.5, 0.6) is 5.75 Å². The van der Waals surface area contributed by atoms with Gasteiger partial charge in [-0.1, -0.05) is 12.1 Å². The van der Waals surface area contributed by atoms with Crippen LogP contribution in [-0.2, 0) is 0 Å². The summed E-state index contributed by atoms with van der Waals surface area (Å²) in [5, 5.41) is 3.49. The molecular weight excluding hydrogens is 198 g/mol. The summed E-state index contributed by atoms with van der Waals surface area (Å²) >= 11 is 0. The van der Waals surface area contributed by atoms with Crippen LogP contribution in [0.1, 0.15) is 25.7 Å². The molecule has 1 N–H and O–H groups in total. The highest BCUT2D eigenvalue weighted by Gasteiger charge is 2.23. The Hall–Kier alpha value is -1.18. The second-order valence-electron chi connectivity index (χ2n) is 5.07. The Morgan fingerprint density at radius 2 is 1.81 bits per heavy atom. The minimum absolute atomic E-state index is 0.816. The van der Waals surface area contributed by atoms with Gasteiger partial charge in [0.1, 0.15) is 5.75 Å². The summed E-state index contributed by atoms with van der Waals surface area (Å²) in [5.74, 6) is 2.74. The van der Waals surface area contributed by atoms with Crippen LogP contribution < -0.4 is 10.1 Å². The summed E-state index contributed by atoms with van der Waals surface area (Å²) in [6, 6.07) is 8.30. The molecule has 0 heterocycles. The molecule has 0 atom stereocenters. The lowest BCUT2D eigenvalue weighted by Crippen LogP contribution is -2.06. The third-order valence-electron chi connectivity index (χ3n) is 3.34. The molecule has 0 aliphatic heterocycles. The van der Waals surface area contributed by atoms with Crippen LogP contribution in [0, 0.1) is 11.8 Å². The standard InChI is InChI=1S/C14H19NO/c1-2-4-14(16-10-12-7-8-12)13(3-1)15-9-11-5-6-11/h1-4,11-12,15H,5-10H2. The lowest BCUT2D eigenvalue weighted by molar-refractivity contribution is 0.301. The normalized spacial score (nSPS) is 19.5. The molecule has 3 rings (SSSR count). The van der Waals surface area contributed by atoms with Gasteiger partial charge in [-0.15, -0.1) is 0 Å². The van der Waals surface area contributed by atoms with Crippen molar-refractivity contribution >= 4 is 5.69 Å². The van der Waals surface area contributed by atoms with Crippen LogP contribution in [0.15, 0.2) is 24.3 Å². The van der Waals surface area contributed by atoms with Gasteiger partial charge in [0.25, 0.3) is 0 Å². The summed E-state index contributed by atoms with van der Waals surface area (Å²) in [7, 11) is 0. The minimum atomic E-state index is 0.816. The molecule has 0 saturated heterocycles. The fourth-order valence-electron chi connectivity index (χ4n) is 1.81. The predicted molar refractivity (Wildman–Crippen MR) is 65.9 cm³/mol. The molecule has 0 bridgehead atoms. The van der Waals surface area contributed by atoms with Gasteiger partial charge in [0.15, 0.2) is 0 Å². The molecule has 2 heteroatoms. The largest absolute Gasteiger partial charge is 0.491 e. The molecular formula is C14H19NO. The first-order valence-electron chi connectivity index (χ1n) is 6.37.